The van der Waals surface area contributed by atoms with Crippen LogP contribution in [0.15, 0.2) is 47.4 Å². The molecule has 2 aliphatic rings. The Morgan fingerprint density at radius 1 is 0.933 bits per heavy atom. The van der Waals surface area contributed by atoms with Crippen LogP contribution < -0.4 is 9.47 Å². The Balaban J connectivity index is 1.45. The lowest BCUT2D eigenvalue weighted by molar-refractivity contribution is -0.145. The average molecular weight is 471 g/mol. The van der Waals surface area contributed by atoms with Gasteiger partial charge in [-0.25, -0.2) is 8.42 Å². The molecule has 4 rings (SSSR count). The monoisotopic (exact) mass is 470 g/mol. The molecular weight excluding hydrogens is 451 g/mol. The minimum Gasteiger partial charge on any atom is -0.482 e. The number of nitrogens with zero attached hydrogens (tertiary/aromatic N) is 2. The fraction of sp³-hybridized carbons (Fsp3) is 0.350. The highest BCUT2D eigenvalue weighted by Gasteiger charge is 2.39. The number of ether oxygens (including phenoxy) is 2. The number of fused-ring (bicyclic) bond motifs is 1. The van der Waals surface area contributed by atoms with E-state index in [9.17, 15) is 13.2 Å². The van der Waals surface area contributed by atoms with Crippen molar-refractivity contribution in [2.45, 2.75) is 24.0 Å². The number of carbonyl (C=O) groups is 1. The summed E-state index contributed by atoms with van der Waals surface area (Å²) in [6, 6.07) is 11.7. The van der Waals surface area contributed by atoms with E-state index in [1.165, 1.54) is 16.4 Å². The molecule has 2 heterocycles. The molecule has 2 atom stereocenters. The topological polar surface area (TPSA) is 76.2 Å². The van der Waals surface area contributed by atoms with Crippen LogP contribution in [-0.4, -0.2) is 61.9 Å². The maximum Gasteiger partial charge on any atom is 0.267 e. The summed E-state index contributed by atoms with van der Waals surface area (Å²) in [5.74, 6) is 0.884. The predicted octanol–water partition coefficient (Wildman–Crippen LogP) is 3.05. The SMILES string of the molecule is CC1Oc2ccccc2OC1C(=O)N1CCN(S(=O)(=O)c2c(Cl)cccc2Cl)CC1. The summed E-state index contributed by atoms with van der Waals surface area (Å²) in [6.07, 6.45) is -1.25. The average Bonchev–Trinajstić information content (AvgIpc) is 2.72. The van der Waals surface area contributed by atoms with Crippen LogP contribution in [0.2, 0.25) is 10.0 Å². The number of sulfonamides is 1. The van der Waals surface area contributed by atoms with Crippen LogP contribution in [0.4, 0.5) is 0 Å². The molecule has 2 aliphatic heterocycles. The standard InChI is InChI=1S/C20H20Cl2N2O5S/c1-13-18(29-17-8-3-2-7-16(17)28-13)20(25)23-9-11-24(12-10-23)30(26,27)19-14(21)5-4-6-15(19)22/h2-8,13,18H,9-12H2,1H3. The molecule has 2 unspecified atom stereocenters. The van der Waals surface area contributed by atoms with Gasteiger partial charge in [-0.05, 0) is 31.2 Å². The third-order valence-corrected chi connectivity index (χ3v) is 8.01. The van der Waals surface area contributed by atoms with Gasteiger partial charge in [0.15, 0.2) is 11.5 Å². The zero-order chi connectivity index (χ0) is 21.5. The van der Waals surface area contributed by atoms with Crippen LogP contribution >= 0.6 is 23.2 Å². The van der Waals surface area contributed by atoms with Crippen molar-refractivity contribution in [2.24, 2.45) is 0 Å². The van der Waals surface area contributed by atoms with E-state index in [2.05, 4.69) is 0 Å². The lowest BCUT2D eigenvalue weighted by Crippen LogP contribution is -2.56. The second kappa shape index (κ2) is 8.26. The van der Waals surface area contributed by atoms with Gasteiger partial charge in [-0.15, -0.1) is 0 Å². The summed E-state index contributed by atoms with van der Waals surface area (Å²) in [5, 5.41) is 0.141. The molecule has 10 heteroatoms. The number of rotatable bonds is 3. The van der Waals surface area contributed by atoms with Gasteiger partial charge in [0.05, 0.1) is 10.0 Å². The van der Waals surface area contributed by atoms with Crippen LogP contribution in [-0.2, 0) is 14.8 Å². The van der Waals surface area contributed by atoms with Crippen molar-refractivity contribution in [3.05, 3.63) is 52.5 Å². The normalized spacial score (nSPS) is 22.0. The highest BCUT2D eigenvalue weighted by Crippen LogP contribution is 2.35. The molecule has 0 radical (unpaired) electrons. The Morgan fingerprint density at radius 2 is 1.50 bits per heavy atom. The smallest absolute Gasteiger partial charge is 0.267 e. The lowest BCUT2D eigenvalue weighted by Gasteiger charge is -2.38. The molecule has 30 heavy (non-hydrogen) atoms. The summed E-state index contributed by atoms with van der Waals surface area (Å²) in [4.78, 5) is 14.5. The highest BCUT2D eigenvalue weighted by atomic mass is 35.5. The van der Waals surface area contributed by atoms with E-state index in [1.54, 1.807) is 30.0 Å². The molecule has 0 aromatic heterocycles. The summed E-state index contributed by atoms with van der Waals surface area (Å²) in [6.45, 7) is 2.50. The number of para-hydroxylation sites is 2. The van der Waals surface area contributed by atoms with Crippen LogP contribution in [0, 0.1) is 0 Å². The van der Waals surface area contributed by atoms with Gasteiger partial charge in [-0.2, -0.15) is 4.31 Å². The van der Waals surface area contributed by atoms with Crippen molar-refractivity contribution >= 4 is 39.1 Å². The zero-order valence-corrected chi connectivity index (χ0v) is 18.5. The molecule has 160 valence electrons. The third-order valence-electron chi connectivity index (χ3n) is 5.15. The first-order valence-electron chi connectivity index (χ1n) is 9.44. The van der Waals surface area contributed by atoms with E-state index in [1.807, 2.05) is 12.1 Å². The number of hydrogen-bond donors (Lipinski definition) is 0. The van der Waals surface area contributed by atoms with E-state index in [0.29, 0.717) is 11.5 Å². The highest BCUT2D eigenvalue weighted by molar-refractivity contribution is 7.89. The maximum atomic E-state index is 13.0. The maximum absolute atomic E-state index is 13.0. The van der Waals surface area contributed by atoms with Gasteiger partial charge >= 0.3 is 0 Å². The fourth-order valence-electron chi connectivity index (χ4n) is 3.58. The molecule has 0 aliphatic carbocycles. The zero-order valence-electron chi connectivity index (χ0n) is 16.1. The molecule has 2 aromatic carbocycles. The number of benzene rings is 2. The van der Waals surface area contributed by atoms with E-state index < -0.39 is 22.2 Å². The Morgan fingerprint density at radius 3 is 2.10 bits per heavy atom. The molecular formula is C20H20Cl2N2O5S. The van der Waals surface area contributed by atoms with Gasteiger partial charge < -0.3 is 14.4 Å². The number of halogens is 2. The van der Waals surface area contributed by atoms with Crippen LogP contribution in [0.1, 0.15) is 6.92 Å². The second-order valence-electron chi connectivity index (χ2n) is 7.09. The van der Waals surface area contributed by atoms with Crippen molar-refractivity contribution in [1.82, 2.24) is 9.21 Å². The van der Waals surface area contributed by atoms with Crippen LogP contribution in [0.5, 0.6) is 11.5 Å². The van der Waals surface area contributed by atoms with Crippen molar-refractivity contribution in [1.29, 1.82) is 0 Å². The van der Waals surface area contributed by atoms with Gasteiger partial charge in [0.2, 0.25) is 16.1 Å². The van der Waals surface area contributed by atoms with Crippen LogP contribution in [0.3, 0.4) is 0 Å². The van der Waals surface area contributed by atoms with Crippen molar-refractivity contribution < 1.29 is 22.7 Å². The fourth-order valence-corrected chi connectivity index (χ4v) is 6.09. The quantitative estimate of drug-likeness (QED) is 0.688. The van der Waals surface area contributed by atoms with Crippen molar-refractivity contribution in [3.8, 4) is 11.5 Å². The summed E-state index contributed by atoms with van der Waals surface area (Å²) in [7, 11) is -3.87. The molecule has 1 amide bonds. The molecule has 0 saturated carbocycles. The first-order chi connectivity index (χ1) is 14.3. The first kappa shape index (κ1) is 21.2. The molecule has 0 N–H and O–H groups in total. The van der Waals surface area contributed by atoms with Crippen molar-refractivity contribution in [2.75, 3.05) is 26.2 Å². The Hall–Kier alpha value is -2.00. The molecule has 1 saturated heterocycles. The van der Waals surface area contributed by atoms with Crippen molar-refractivity contribution in [3.63, 3.8) is 0 Å². The third kappa shape index (κ3) is 3.85. The summed E-state index contributed by atoms with van der Waals surface area (Å²) in [5.41, 5.74) is 0. The minimum absolute atomic E-state index is 0.0706. The Labute approximate surface area is 185 Å². The van der Waals surface area contributed by atoms with Gasteiger partial charge in [-0.1, -0.05) is 41.4 Å². The number of hydrogen-bond acceptors (Lipinski definition) is 5. The van der Waals surface area contributed by atoms with Gasteiger partial charge in [0, 0.05) is 26.2 Å². The van der Waals surface area contributed by atoms with E-state index >= 15 is 0 Å². The summed E-state index contributed by atoms with van der Waals surface area (Å²) >= 11 is 12.2. The van der Waals surface area contributed by atoms with Gasteiger partial charge in [0.25, 0.3) is 5.91 Å². The largest absolute Gasteiger partial charge is 0.482 e. The first-order valence-corrected chi connectivity index (χ1v) is 11.6. The predicted molar refractivity (Wildman–Crippen MR) is 113 cm³/mol. The molecule has 0 spiro atoms. The minimum atomic E-state index is -3.87. The molecule has 2 aromatic rings. The second-order valence-corrected chi connectivity index (χ2v) is 9.78. The summed E-state index contributed by atoms with van der Waals surface area (Å²) < 4.78 is 39.0. The Kier molecular flexibility index (Phi) is 5.85. The van der Waals surface area contributed by atoms with Crippen LogP contribution in [0.25, 0.3) is 0 Å². The molecule has 1 fully saturated rings. The van der Waals surface area contributed by atoms with Gasteiger partial charge in [-0.3, -0.25) is 4.79 Å². The molecule has 7 nitrogen and oxygen atoms in total. The van der Waals surface area contributed by atoms with E-state index in [4.69, 9.17) is 32.7 Å². The lowest BCUT2D eigenvalue weighted by atomic mass is 10.1. The van der Waals surface area contributed by atoms with E-state index in [-0.39, 0.29) is 47.0 Å². The number of piperazine rings is 1. The van der Waals surface area contributed by atoms with Gasteiger partial charge in [0.1, 0.15) is 11.0 Å². The molecule has 0 bridgehead atoms. The van der Waals surface area contributed by atoms with E-state index in [0.717, 1.165) is 0 Å². The Bertz CT molecular complexity index is 1050. The number of carbonyl (C=O) groups excluding carboxylic acids is 1. The number of amides is 1.